The topological polar surface area (TPSA) is 12.0 Å². The van der Waals surface area contributed by atoms with E-state index in [2.05, 4.69) is 70.1 Å². The summed E-state index contributed by atoms with van der Waals surface area (Å²) < 4.78 is 2.07. The molecule has 2 aromatic rings. The number of hydrogen-bond donors (Lipinski definition) is 1. The molecule has 0 spiro atoms. The highest BCUT2D eigenvalue weighted by Gasteiger charge is 2.13. The first-order chi connectivity index (χ1) is 9.38. The Labute approximate surface area is 142 Å². The van der Waals surface area contributed by atoms with Gasteiger partial charge < -0.3 is 5.32 Å². The lowest BCUT2D eigenvalue weighted by atomic mass is 10.1. The Morgan fingerprint density at radius 2 is 1.80 bits per heavy atom. The van der Waals surface area contributed by atoms with Crippen molar-refractivity contribution in [1.82, 2.24) is 0 Å². The normalized spacial score (nSPS) is 12.3. The van der Waals surface area contributed by atoms with Crippen molar-refractivity contribution in [3.63, 3.8) is 0 Å². The van der Waals surface area contributed by atoms with E-state index in [4.69, 9.17) is 11.6 Å². The van der Waals surface area contributed by atoms with Crippen LogP contribution in [0.5, 0.6) is 0 Å². The smallest absolute Gasteiger partial charge is 0.0519 e. The van der Waals surface area contributed by atoms with Crippen LogP contribution in [0, 0.1) is 13.8 Å². The van der Waals surface area contributed by atoms with Crippen LogP contribution in [0.25, 0.3) is 0 Å². The number of anilines is 1. The van der Waals surface area contributed by atoms with E-state index in [0.717, 1.165) is 25.2 Å². The first-order valence-electron chi connectivity index (χ1n) is 6.36. The maximum atomic E-state index is 6.31. The van der Waals surface area contributed by atoms with E-state index in [-0.39, 0.29) is 6.04 Å². The van der Waals surface area contributed by atoms with E-state index >= 15 is 0 Å². The molecule has 2 aromatic carbocycles. The maximum absolute atomic E-state index is 6.31. The molecule has 0 bridgehead atoms. The van der Waals surface area contributed by atoms with Gasteiger partial charge in [0.2, 0.25) is 0 Å². The summed E-state index contributed by atoms with van der Waals surface area (Å²) in [6, 6.07) is 10.4. The molecule has 2 rings (SSSR count). The Morgan fingerprint density at radius 1 is 1.10 bits per heavy atom. The van der Waals surface area contributed by atoms with Crippen molar-refractivity contribution < 1.29 is 0 Å². The predicted octanol–water partition coefficient (Wildman–Crippen LogP) is 6.65. The fraction of sp³-hybridized carbons (Fsp3) is 0.250. The lowest BCUT2D eigenvalue weighted by Gasteiger charge is -2.20. The van der Waals surface area contributed by atoms with Crippen molar-refractivity contribution in [3.05, 3.63) is 61.0 Å². The maximum Gasteiger partial charge on any atom is 0.0519 e. The van der Waals surface area contributed by atoms with Crippen LogP contribution >= 0.6 is 43.5 Å². The lowest BCUT2D eigenvalue weighted by Crippen LogP contribution is -2.09. The van der Waals surface area contributed by atoms with Crippen LogP contribution in [0.2, 0.25) is 5.02 Å². The van der Waals surface area contributed by atoms with Crippen LogP contribution < -0.4 is 5.32 Å². The quantitative estimate of drug-likeness (QED) is 0.589. The number of rotatable bonds is 3. The van der Waals surface area contributed by atoms with E-state index in [0.29, 0.717) is 0 Å². The molecule has 0 radical (unpaired) electrons. The summed E-state index contributed by atoms with van der Waals surface area (Å²) in [5, 5.41) is 4.30. The third-order valence-electron chi connectivity index (χ3n) is 3.22. The summed E-state index contributed by atoms with van der Waals surface area (Å²) in [6.07, 6.45) is 0. The van der Waals surface area contributed by atoms with Gasteiger partial charge in [-0.15, -0.1) is 0 Å². The standard InChI is InChI=1S/C16H16Br2ClN/c1-9-6-10(2)16(14(18)7-9)20-11(3)13-5-4-12(17)8-15(13)19/h4-8,11,20H,1-3H3. The predicted molar refractivity (Wildman–Crippen MR) is 94.8 cm³/mol. The minimum Gasteiger partial charge on any atom is -0.377 e. The monoisotopic (exact) mass is 415 g/mol. The summed E-state index contributed by atoms with van der Waals surface area (Å²) in [4.78, 5) is 0. The van der Waals surface area contributed by atoms with Crippen molar-refractivity contribution in [2.45, 2.75) is 26.8 Å². The zero-order chi connectivity index (χ0) is 14.9. The van der Waals surface area contributed by atoms with Crippen molar-refractivity contribution in [1.29, 1.82) is 0 Å². The van der Waals surface area contributed by atoms with E-state index in [1.807, 2.05) is 18.2 Å². The molecule has 0 saturated heterocycles. The molecule has 106 valence electrons. The van der Waals surface area contributed by atoms with Gasteiger partial charge in [0, 0.05) is 14.0 Å². The second kappa shape index (κ2) is 6.50. The molecule has 4 heteroatoms. The van der Waals surface area contributed by atoms with Gasteiger partial charge in [0.1, 0.15) is 0 Å². The van der Waals surface area contributed by atoms with Gasteiger partial charge in [-0.25, -0.2) is 0 Å². The molecule has 20 heavy (non-hydrogen) atoms. The molecule has 0 aliphatic rings. The number of halogens is 3. The van der Waals surface area contributed by atoms with Crippen LogP contribution in [0.4, 0.5) is 5.69 Å². The van der Waals surface area contributed by atoms with E-state index in [1.165, 1.54) is 11.1 Å². The van der Waals surface area contributed by atoms with Crippen LogP contribution in [-0.2, 0) is 0 Å². The molecule has 0 heterocycles. The molecule has 0 aromatic heterocycles. The highest BCUT2D eigenvalue weighted by atomic mass is 79.9. The molecule has 0 amide bonds. The van der Waals surface area contributed by atoms with E-state index in [9.17, 15) is 0 Å². The molecule has 1 nitrogen and oxygen atoms in total. The fourth-order valence-electron chi connectivity index (χ4n) is 2.25. The van der Waals surface area contributed by atoms with Gasteiger partial charge in [0.25, 0.3) is 0 Å². The Balaban J connectivity index is 2.30. The molecule has 0 saturated carbocycles. The average Bonchev–Trinajstić information content (AvgIpc) is 2.33. The van der Waals surface area contributed by atoms with Crippen molar-refractivity contribution >= 4 is 49.1 Å². The lowest BCUT2D eigenvalue weighted by molar-refractivity contribution is 0.881. The highest BCUT2D eigenvalue weighted by Crippen LogP contribution is 2.33. The molecule has 0 fully saturated rings. The van der Waals surface area contributed by atoms with E-state index < -0.39 is 0 Å². The van der Waals surface area contributed by atoms with Crippen molar-refractivity contribution in [2.75, 3.05) is 5.32 Å². The highest BCUT2D eigenvalue weighted by molar-refractivity contribution is 9.10. The van der Waals surface area contributed by atoms with Gasteiger partial charge in [-0.3, -0.25) is 0 Å². The zero-order valence-electron chi connectivity index (χ0n) is 11.6. The minimum absolute atomic E-state index is 0.133. The Morgan fingerprint density at radius 3 is 2.40 bits per heavy atom. The third kappa shape index (κ3) is 3.57. The molecule has 0 aliphatic heterocycles. The Kier molecular flexibility index (Phi) is 5.16. The van der Waals surface area contributed by atoms with Crippen LogP contribution in [0.15, 0.2) is 39.3 Å². The molecular formula is C16H16Br2ClN. The summed E-state index contributed by atoms with van der Waals surface area (Å²) >= 11 is 13.4. The van der Waals surface area contributed by atoms with Crippen LogP contribution in [0.1, 0.15) is 29.7 Å². The molecule has 1 unspecified atom stereocenters. The Bertz CT molecular complexity index is 617. The SMILES string of the molecule is Cc1cc(C)c(NC(C)c2ccc(Br)cc2Cl)c(Br)c1. The Hall–Kier alpha value is -0.510. The van der Waals surface area contributed by atoms with Gasteiger partial charge in [-0.2, -0.15) is 0 Å². The first kappa shape index (κ1) is 15.9. The van der Waals surface area contributed by atoms with Gasteiger partial charge >= 0.3 is 0 Å². The number of hydrogen-bond acceptors (Lipinski definition) is 1. The van der Waals surface area contributed by atoms with Crippen molar-refractivity contribution in [2.24, 2.45) is 0 Å². The number of aryl methyl sites for hydroxylation is 2. The van der Waals surface area contributed by atoms with Crippen molar-refractivity contribution in [3.8, 4) is 0 Å². The fourth-order valence-corrected chi connectivity index (χ4v) is 3.87. The van der Waals surface area contributed by atoms with Gasteiger partial charge in [0.05, 0.1) is 11.7 Å². The second-order valence-corrected chi connectivity index (χ2v) is 7.15. The second-order valence-electron chi connectivity index (χ2n) is 4.97. The van der Waals surface area contributed by atoms with E-state index in [1.54, 1.807) is 0 Å². The van der Waals surface area contributed by atoms with Crippen LogP contribution in [-0.4, -0.2) is 0 Å². The summed E-state index contributed by atoms with van der Waals surface area (Å²) in [6.45, 7) is 6.31. The molecule has 1 N–H and O–H groups in total. The number of nitrogens with one attached hydrogen (secondary N) is 1. The third-order valence-corrected chi connectivity index (χ3v) is 4.67. The molecule has 1 atom stereocenters. The summed E-state index contributed by atoms with van der Waals surface area (Å²) in [5.41, 5.74) is 4.66. The van der Waals surface area contributed by atoms with Gasteiger partial charge in [-0.1, -0.05) is 39.7 Å². The molecule has 0 aliphatic carbocycles. The number of benzene rings is 2. The van der Waals surface area contributed by atoms with Crippen LogP contribution in [0.3, 0.4) is 0 Å². The summed E-state index contributed by atoms with van der Waals surface area (Å²) in [7, 11) is 0. The van der Waals surface area contributed by atoms with Gasteiger partial charge in [-0.05, 0) is 71.6 Å². The zero-order valence-corrected chi connectivity index (χ0v) is 15.5. The average molecular weight is 418 g/mol. The first-order valence-corrected chi connectivity index (χ1v) is 8.33. The minimum atomic E-state index is 0.133. The van der Waals surface area contributed by atoms with Gasteiger partial charge in [0.15, 0.2) is 0 Å². The molecular weight excluding hydrogens is 401 g/mol. The summed E-state index contributed by atoms with van der Waals surface area (Å²) in [5.74, 6) is 0. The largest absolute Gasteiger partial charge is 0.377 e.